The van der Waals surface area contributed by atoms with Gasteiger partial charge in [0.25, 0.3) is 0 Å². The lowest BCUT2D eigenvalue weighted by Gasteiger charge is -1.62. The predicted octanol–water partition coefficient (Wildman–Crippen LogP) is 4.05. The zero-order valence-corrected chi connectivity index (χ0v) is 8.03. The van der Waals surface area contributed by atoms with Crippen LogP contribution in [0.4, 0.5) is 0 Å². The topological polar surface area (TPSA) is 0 Å². The molecule has 0 aliphatic rings. The molecule has 0 saturated heterocycles. The minimum atomic E-state index is 1.71. The van der Waals surface area contributed by atoms with Crippen LogP contribution in [-0.4, -0.2) is 0 Å². The third-order valence-corrected chi connectivity index (χ3v) is 0.879. The van der Waals surface area contributed by atoms with E-state index in [9.17, 15) is 0 Å². The highest BCUT2D eigenvalue weighted by Gasteiger charge is 1.49. The summed E-state index contributed by atoms with van der Waals surface area (Å²) in [4.78, 5) is 0. The number of hydrogen-bond donors (Lipinski definition) is 0. The highest BCUT2D eigenvalue weighted by molar-refractivity contribution is 5.05. The second-order valence-electron chi connectivity index (χ2n) is 1.91. The summed E-state index contributed by atoms with van der Waals surface area (Å²) in [5, 5.41) is 0. The monoisotopic (exact) mass is 162 g/mol. The van der Waals surface area contributed by atoms with Gasteiger partial charge in [0.1, 0.15) is 0 Å². The molecule has 0 nitrogen and oxygen atoms in total. The van der Waals surface area contributed by atoms with E-state index in [1.807, 2.05) is 50.3 Å². The van der Waals surface area contributed by atoms with E-state index >= 15 is 0 Å². The van der Waals surface area contributed by atoms with Crippen molar-refractivity contribution in [1.82, 2.24) is 0 Å². The molecular formula is C12H18. The van der Waals surface area contributed by atoms with Crippen molar-refractivity contribution < 1.29 is 0 Å². The molecule has 0 aromatic heterocycles. The maximum Gasteiger partial charge on any atom is -0.0467 e. The van der Waals surface area contributed by atoms with E-state index in [2.05, 4.69) is 13.2 Å². The fraction of sp³-hybridized carbons (Fsp3) is 0.167. The fourth-order valence-electron chi connectivity index (χ4n) is 0.379. The van der Waals surface area contributed by atoms with Crippen LogP contribution in [0.25, 0.3) is 0 Å². The highest BCUT2D eigenvalue weighted by Crippen LogP contribution is 1.71. The second-order valence-corrected chi connectivity index (χ2v) is 1.91. The fourth-order valence-corrected chi connectivity index (χ4v) is 0.379. The van der Waals surface area contributed by atoms with Gasteiger partial charge in [-0.1, -0.05) is 61.8 Å². The van der Waals surface area contributed by atoms with Gasteiger partial charge in [-0.25, -0.2) is 0 Å². The Kier molecular flexibility index (Phi) is 18.1. The molecule has 0 radical (unpaired) electrons. The van der Waals surface area contributed by atoms with E-state index in [-0.39, 0.29) is 0 Å². The molecule has 0 saturated carbocycles. The molecule has 0 bridgehead atoms. The third kappa shape index (κ3) is 23.4. The van der Waals surface area contributed by atoms with E-state index in [0.717, 1.165) is 0 Å². The largest absolute Gasteiger partial charge is 0.0991 e. The normalized spacial score (nSPS) is 10.2. The lowest BCUT2D eigenvalue weighted by Crippen LogP contribution is -1.40. The van der Waals surface area contributed by atoms with Crippen LogP contribution in [0.1, 0.15) is 13.8 Å². The van der Waals surface area contributed by atoms with Crippen molar-refractivity contribution in [2.45, 2.75) is 13.8 Å². The molecule has 0 amide bonds. The molecule has 0 aliphatic heterocycles. The van der Waals surface area contributed by atoms with Crippen molar-refractivity contribution in [2.75, 3.05) is 0 Å². The minimum Gasteiger partial charge on any atom is -0.0991 e. The Morgan fingerprint density at radius 1 is 0.667 bits per heavy atom. The highest BCUT2D eigenvalue weighted by atomic mass is 13.6. The molecule has 66 valence electrons. The third-order valence-electron chi connectivity index (χ3n) is 0.879. The van der Waals surface area contributed by atoms with Gasteiger partial charge in [0.05, 0.1) is 0 Å². The van der Waals surface area contributed by atoms with E-state index < -0.39 is 0 Å². The van der Waals surface area contributed by atoms with Gasteiger partial charge in [0.15, 0.2) is 0 Å². The summed E-state index contributed by atoms with van der Waals surface area (Å²) < 4.78 is 0. The zero-order chi connectivity index (χ0) is 9.66. The van der Waals surface area contributed by atoms with Crippen LogP contribution >= 0.6 is 0 Å². The van der Waals surface area contributed by atoms with Crippen LogP contribution in [0.5, 0.6) is 0 Å². The molecule has 0 spiro atoms. The zero-order valence-electron chi connectivity index (χ0n) is 8.03. The first-order valence-electron chi connectivity index (χ1n) is 3.97. The van der Waals surface area contributed by atoms with Gasteiger partial charge in [-0.2, -0.15) is 0 Å². The molecule has 0 atom stereocenters. The van der Waals surface area contributed by atoms with Gasteiger partial charge < -0.3 is 0 Å². The maximum absolute atomic E-state index is 3.46. The lowest BCUT2D eigenvalue weighted by atomic mass is 10.5. The van der Waals surface area contributed by atoms with Crippen LogP contribution in [0, 0.1) is 0 Å². The molecule has 0 aromatic rings. The molecule has 0 aliphatic carbocycles. The first-order chi connectivity index (χ1) is 5.83. The summed E-state index contributed by atoms with van der Waals surface area (Å²) in [5.74, 6) is 0. The van der Waals surface area contributed by atoms with Gasteiger partial charge >= 0.3 is 0 Å². The van der Waals surface area contributed by atoms with Gasteiger partial charge in [0, 0.05) is 0 Å². The van der Waals surface area contributed by atoms with Gasteiger partial charge in [-0.05, 0) is 13.8 Å². The SMILES string of the molecule is C/C=C\C=C/C.C=C/C=C\C=C. The summed E-state index contributed by atoms with van der Waals surface area (Å²) in [5.41, 5.74) is 0. The quantitative estimate of drug-likeness (QED) is 0.549. The summed E-state index contributed by atoms with van der Waals surface area (Å²) in [7, 11) is 0. The maximum atomic E-state index is 3.46. The van der Waals surface area contributed by atoms with Crippen LogP contribution in [-0.2, 0) is 0 Å². The van der Waals surface area contributed by atoms with E-state index in [1.54, 1.807) is 12.2 Å². The summed E-state index contributed by atoms with van der Waals surface area (Å²) in [6.07, 6.45) is 15.1. The first kappa shape index (κ1) is 13.3. The van der Waals surface area contributed by atoms with Crippen molar-refractivity contribution in [1.29, 1.82) is 0 Å². The van der Waals surface area contributed by atoms with Crippen LogP contribution in [0.2, 0.25) is 0 Å². The number of hydrogen-bond acceptors (Lipinski definition) is 0. The molecule has 0 unspecified atom stereocenters. The molecule has 0 aromatic carbocycles. The molecule has 0 N–H and O–H groups in total. The molecule has 0 heterocycles. The molecular weight excluding hydrogens is 144 g/mol. The van der Waals surface area contributed by atoms with E-state index in [4.69, 9.17) is 0 Å². The van der Waals surface area contributed by atoms with Crippen LogP contribution < -0.4 is 0 Å². The summed E-state index contributed by atoms with van der Waals surface area (Å²) >= 11 is 0. The van der Waals surface area contributed by atoms with Crippen LogP contribution in [0.15, 0.2) is 61.8 Å². The first-order valence-corrected chi connectivity index (χ1v) is 3.97. The Labute approximate surface area is 76.3 Å². The van der Waals surface area contributed by atoms with Gasteiger partial charge in [-0.3, -0.25) is 0 Å². The lowest BCUT2D eigenvalue weighted by molar-refractivity contribution is 1.69. The van der Waals surface area contributed by atoms with E-state index in [0.29, 0.717) is 0 Å². The smallest absolute Gasteiger partial charge is 0.0467 e. The number of allylic oxidation sites excluding steroid dienone is 8. The summed E-state index contributed by atoms with van der Waals surface area (Å²) in [6, 6.07) is 0. The summed E-state index contributed by atoms with van der Waals surface area (Å²) in [6.45, 7) is 10.9. The Bertz CT molecular complexity index is 148. The van der Waals surface area contributed by atoms with Crippen molar-refractivity contribution >= 4 is 0 Å². The molecule has 0 rings (SSSR count). The molecule has 12 heavy (non-hydrogen) atoms. The number of rotatable bonds is 3. The van der Waals surface area contributed by atoms with Crippen molar-refractivity contribution in [3.05, 3.63) is 61.8 Å². The van der Waals surface area contributed by atoms with Crippen LogP contribution in [0.3, 0.4) is 0 Å². The average Bonchev–Trinajstić information content (AvgIpc) is 2.12. The predicted molar refractivity (Wildman–Crippen MR) is 59.2 cm³/mol. The van der Waals surface area contributed by atoms with E-state index in [1.165, 1.54) is 0 Å². The molecule has 0 fully saturated rings. The Balaban J connectivity index is 0. The van der Waals surface area contributed by atoms with Crippen molar-refractivity contribution in [3.8, 4) is 0 Å². The second kappa shape index (κ2) is 16.4. The Hall–Kier alpha value is -1.30. The molecule has 0 heteroatoms. The van der Waals surface area contributed by atoms with Gasteiger partial charge in [-0.15, -0.1) is 0 Å². The average molecular weight is 162 g/mol. The Morgan fingerprint density at radius 2 is 1.00 bits per heavy atom. The van der Waals surface area contributed by atoms with Crippen molar-refractivity contribution in [2.24, 2.45) is 0 Å². The minimum absolute atomic E-state index is 1.71. The van der Waals surface area contributed by atoms with Gasteiger partial charge in [0.2, 0.25) is 0 Å². The Morgan fingerprint density at radius 3 is 1.17 bits per heavy atom. The standard InChI is InChI=1S/C6H10.C6H8/c2*1-3-5-6-4-2/h3-6H,1-2H3;3-6H,1-2H2/b5-3-,6-4-;6-5-. The van der Waals surface area contributed by atoms with Crippen molar-refractivity contribution in [3.63, 3.8) is 0 Å².